The summed E-state index contributed by atoms with van der Waals surface area (Å²) in [5.41, 5.74) is 2.20. The molecule has 1 aliphatic heterocycles. The summed E-state index contributed by atoms with van der Waals surface area (Å²) in [7, 11) is 1.69. The number of methoxy groups -OCH3 is 1. The fourth-order valence-corrected chi connectivity index (χ4v) is 3.42. The molecule has 2 aromatic carbocycles. The number of piperazine rings is 1. The van der Waals surface area contributed by atoms with E-state index in [1.165, 1.54) is 0 Å². The maximum Gasteiger partial charge on any atom is 0.263 e. The molecule has 1 atom stereocenters. The van der Waals surface area contributed by atoms with Crippen LogP contribution in [0.15, 0.2) is 48.5 Å². The molecule has 5 nitrogen and oxygen atoms in total. The van der Waals surface area contributed by atoms with Crippen molar-refractivity contribution in [3.63, 3.8) is 0 Å². The summed E-state index contributed by atoms with van der Waals surface area (Å²) in [6.07, 6.45) is 0.212. The molecule has 0 radical (unpaired) electrons. The van der Waals surface area contributed by atoms with Gasteiger partial charge in [-0.3, -0.25) is 4.79 Å². The predicted molar refractivity (Wildman–Crippen MR) is 108 cm³/mol. The zero-order valence-corrected chi connectivity index (χ0v) is 16.4. The van der Waals surface area contributed by atoms with Crippen LogP contribution in [0.3, 0.4) is 0 Å². The van der Waals surface area contributed by atoms with Crippen molar-refractivity contribution in [2.75, 3.05) is 38.2 Å². The fourth-order valence-electron chi connectivity index (χ4n) is 3.42. The van der Waals surface area contributed by atoms with Gasteiger partial charge in [-0.25, -0.2) is 0 Å². The van der Waals surface area contributed by atoms with E-state index >= 15 is 0 Å². The molecule has 5 heteroatoms. The van der Waals surface area contributed by atoms with E-state index in [2.05, 4.69) is 11.0 Å². The number of aryl methyl sites for hydroxylation is 1. The highest BCUT2D eigenvalue weighted by Crippen LogP contribution is 2.28. The molecule has 0 saturated carbocycles. The molecule has 0 aromatic heterocycles. The van der Waals surface area contributed by atoms with Crippen LogP contribution in [0.5, 0.6) is 11.5 Å². The third-order valence-corrected chi connectivity index (χ3v) is 4.93. The number of ether oxygens (including phenoxy) is 2. The lowest BCUT2D eigenvalue weighted by Crippen LogP contribution is -2.52. The number of carbonyl (C=O) groups is 1. The average molecular weight is 368 g/mol. The number of carbonyl (C=O) groups excluding carboxylic acids is 1. The van der Waals surface area contributed by atoms with Crippen molar-refractivity contribution in [1.29, 1.82) is 0 Å². The van der Waals surface area contributed by atoms with Crippen molar-refractivity contribution in [2.45, 2.75) is 26.4 Å². The molecule has 2 aromatic rings. The molecule has 1 fully saturated rings. The van der Waals surface area contributed by atoms with E-state index in [1.807, 2.05) is 61.2 Å². The molecule has 1 amide bonds. The normalized spacial score (nSPS) is 15.4. The smallest absolute Gasteiger partial charge is 0.263 e. The number of hydrogen-bond donors (Lipinski definition) is 0. The van der Waals surface area contributed by atoms with Crippen molar-refractivity contribution in [3.05, 3.63) is 54.1 Å². The Kier molecular flexibility index (Phi) is 6.22. The first kappa shape index (κ1) is 19.1. The van der Waals surface area contributed by atoms with Crippen LogP contribution >= 0.6 is 0 Å². The van der Waals surface area contributed by atoms with Crippen molar-refractivity contribution < 1.29 is 14.3 Å². The van der Waals surface area contributed by atoms with Crippen LogP contribution in [-0.4, -0.2) is 50.2 Å². The van der Waals surface area contributed by atoms with Crippen LogP contribution in [0.25, 0.3) is 0 Å². The predicted octanol–water partition coefficient (Wildman–Crippen LogP) is 3.51. The lowest BCUT2D eigenvalue weighted by atomic mass is 10.2. The van der Waals surface area contributed by atoms with Crippen LogP contribution in [0, 0.1) is 6.92 Å². The van der Waals surface area contributed by atoms with E-state index in [1.54, 1.807) is 7.11 Å². The standard InChI is InChI=1S/C22H28N2O3/c1-4-20(27-18-9-7-8-17(2)16-18)22(25)24-14-12-23(13-15-24)19-10-5-6-11-21(19)26-3/h5-11,16,20H,4,12-15H2,1-3H3. The van der Waals surface area contributed by atoms with Gasteiger partial charge < -0.3 is 19.3 Å². The Balaban J connectivity index is 1.61. The molecule has 0 bridgehead atoms. The summed E-state index contributed by atoms with van der Waals surface area (Å²) in [5, 5.41) is 0. The number of hydrogen-bond acceptors (Lipinski definition) is 4. The molecule has 3 rings (SSSR count). The van der Waals surface area contributed by atoms with E-state index in [9.17, 15) is 4.79 Å². The first-order valence-electron chi connectivity index (χ1n) is 9.52. The number of amides is 1. The van der Waals surface area contributed by atoms with Gasteiger partial charge >= 0.3 is 0 Å². The van der Waals surface area contributed by atoms with Crippen LogP contribution in [-0.2, 0) is 4.79 Å². The lowest BCUT2D eigenvalue weighted by Gasteiger charge is -2.37. The Labute approximate surface area is 161 Å². The van der Waals surface area contributed by atoms with E-state index < -0.39 is 6.10 Å². The second kappa shape index (κ2) is 8.80. The Bertz CT molecular complexity index is 770. The number of para-hydroxylation sites is 2. The molecule has 1 aliphatic rings. The monoisotopic (exact) mass is 368 g/mol. The molecule has 1 heterocycles. The molecular weight excluding hydrogens is 340 g/mol. The van der Waals surface area contributed by atoms with Crippen molar-refractivity contribution in [2.24, 2.45) is 0 Å². The van der Waals surface area contributed by atoms with Crippen molar-refractivity contribution >= 4 is 11.6 Å². The molecule has 144 valence electrons. The zero-order valence-electron chi connectivity index (χ0n) is 16.4. The van der Waals surface area contributed by atoms with Gasteiger partial charge in [0.05, 0.1) is 12.8 Å². The van der Waals surface area contributed by atoms with Gasteiger partial charge in [-0.2, -0.15) is 0 Å². The SMILES string of the molecule is CCC(Oc1cccc(C)c1)C(=O)N1CCN(c2ccccc2OC)CC1. The van der Waals surface area contributed by atoms with Crippen molar-refractivity contribution in [1.82, 2.24) is 4.90 Å². The molecular formula is C22H28N2O3. The summed E-state index contributed by atoms with van der Waals surface area (Å²) in [5.74, 6) is 1.69. The number of benzene rings is 2. The summed E-state index contributed by atoms with van der Waals surface area (Å²) in [4.78, 5) is 17.1. The Morgan fingerprint density at radius 1 is 1.07 bits per heavy atom. The topological polar surface area (TPSA) is 42.0 Å². The summed E-state index contributed by atoms with van der Waals surface area (Å²) >= 11 is 0. The van der Waals surface area contributed by atoms with Crippen LogP contribution in [0.4, 0.5) is 5.69 Å². The number of rotatable bonds is 6. The first-order valence-corrected chi connectivity index (χ1v) is 9.52. The maximum atomic E-state index is 12.9. The fraction of sp³-hybridized carbons (Fsp3) is 0.409. The zero-order chi connectivity index (χ0) is 19.2. The molecule has 1 unspecified atom stereocenters. The van der Waals surface area contributed by atoms with Gasteiger partial charge in [-0.15, -0.1) is 0 Å². The van der Waals surface area contributed by atoms with Gasteiger partial charge in [-0.05, 0) is 43.2 Å². The largest absolute Gasteiger partial charge is 0.495 e. The van der Waals surface area contributed by atoms with Gasteiger partial charge in [0.2, 0.25) is 0 Å². The molecule has 27 heavy (non-hydrogen) atoms. The second-order valence-corrected chi connectivity index (χ2v) is 6.82. The van der Waals surface area contributed by atoms with Crippen LogP contribution < -0.4 is 14.4 Å². The summed E-state index contributed by atoms with van der Waals surface area (Å²) in [6.45, 7) is 6.95. The van der Waals surface area contributed by atoms with Gasteiger partial charge in [0.15, 0.2) is 6.10 Å². The highest BCUT2D eigenvalue weighted by molar-refractivity contribution is 5.81. The molecule has 1 saturated heterocycles. The van der Waals surface area contributed by atoms with E-state index in [0.717, 1.165) is 35.8 Å². The van der Waals surface area contributed by atoms with E-state index in [0.29, 0.717) is 19.5 Å². The van der Waals surface area contributed by atoms with Gasteiger partial charge in [-0.1, -0.05) is 31.2 Å². The Morgan fingerprint density at radius 2 is 1.81 bits per heavy atom. The molecule has 0 aliphatic carbocycles. The van der Waals surface area contributed by atoms with Gasteiger partial charge in [0.25, 0.3) is 5.91 Å². The van der Waals surface area contributed by atoms with Crippen molar-refractivity contribution in [3.8, 4) is 11.5 Å². The molecule has 0 N–H and O–H groups in total. The Morgan fingerprint density at radius 3 is 2.48 bits per heavy atom. The first-order chi connectivity index (χ1) is 13.1. The van der Waals surface area contributed by atoms with Gasteiger partial charge in [0.1, 0.15) is 11.5 Å². The van der Waals surface area contributed by atoms with Crippen LogP contribution in [0.2, 0.25) is 0 Å². The van der Waals surface area contributed by atoms with E-state index in [4.69, 9.17) is 9.47 Å². The summed E-state index contributed by atoms with van der Waals surface area (Å²) < 4.78 is 11.4. The Hall–Kier alpha value is -2.69. The minimum atomic E-state index is -0.440. The highest BCUT2D eigenvalue weighted by Gasteiger charge is 2.28. The lowest BCUT2D eigenvalue weighted by molar-refractivity contribution is -0.139. The van der Waals surface area contributed by atoms with Gasteiger partial charge in [0, 0.05) is 26.2 Å². The average Bonchev–Trinajstić information content (AvgIpc) is 2.71. The second-order valence-electron chi connectivity index (χ2n) is 6.82. The number of anilines is 1. The molecule has 0 spiro atoms. The third kappa shape index (κ3) is 4.54. The van der Waals surface area contributed by atoms with E-state index in [-0.39, 0.29) is 5.91 Å². The minimum absolute atomic E-state index is 0.0682. The van der Waals surface area contributed by atoms with Crippen LogP contribution in [0.1, 0.15) is 18.9 Å². The minimum Gasteiger partial charge on any atom is -0.495 e. The maximum absolute atomic E-state index is 12.9. The quantitative estimate of drug-likeness (QED) is 0.783. The number of nitrogens with zero attached hydrogens (tertiary/aromatic N) is 2. The summed E-state index contributed by atoms with van der Waals surface area (Å²) in [6, 6.07) is 15.9. The highest BCUT2D eigenvalue weighted by atomic mass is 16.5. The third-order valence-electron chi connectivity index (χ3n) is 4.93.